The highest BCUT2D eigenvalue weighted by atomic mass is 79.9. The average Bonchev–Trinajstić information content (AvgIpc) is 2.65. The average molecular weight is 411 g/mol. The third-order valence-electron chi connectivity index (χ3n) is 4.56. The van der Waals surface area contributed by atoms with Crippen molar-refractivity contribution in [3.8, 4) is 5.75 Å². The second kappa shape index (κ2) is 15.4. The fraction of sp³-hybridized carbons (Fsp3) is 0.682. The summed E-state index contributed by atoms with van der Waals surface area (Å²) in [5, 5.41) is 0.339. The molecule has 0 N–H and O–H groups in total. The molecule has 0 bridgehead atoms. The third kappa shape index (κ3) is 10.7. The standard InChI is InChI=1S/C22H35BrO2/c1-2-3-4-5-6-7-8-9-10-11-12-15-18-25-22-17-14-13-16-20(22)21(24)19-23/h13-14,16-17H,2-12,15,18-19H2,1H3. The molecule has 0 saturated carbocycles. The van der Waals surface area contributed by atoms with Crippen molar-refractivity contribution in [1.82, 2.24) is 0 Å². The summed E-state index contributed by atoms with van der Waals surface area (Å²) >= 11 is 3.22. The first kappa shape index (κ1) is 22.2. The van der Waals surface area contributed by atoms with Crippen molar-refractivity contribution in [2.75, 3.05) is 11.9 Å². The molecule has 0 aliphatic heterocycles. The Hall–Kier alpha value is -0.830. The number of carbonyl (C=O) groups excluding carboxylic acids is 1. The van der Waals surface area contributed by atoms with Crippen LogP contribution in [-0.2, 0) is 0 Å². The Morgan fingerprint density at radius 1 is 0.840 bits per heavy atom. The van der Waals surface area contributed by atoms with Gasteiger partial charge in [0.05, 0.1) is 17.5 Å². The first-order valence-electron chi connectivity index (χ1n) is 10.1. The molecule has 1 aromatic rings. The number of ketones is 1. The summed E-state index contributed by atoms with van der Waals surface area (Å²) in [6.07, 6.45) is 16.1. The predicted octanol–water partition coefficient (Wildman–Crippen LogP) is 7.34. The second-order valence-electron chi connectivity index (χ2n) is 6.79. The van der Waals surface area contributed by atoms with Crippen molar-refractivity contribution in [3.63, 3.8) is 0 Å². The number of Topliss-reactive ketones (excluding diaryl/α,β-unsaturated/α-hetero) is 1. The van der Waals surface area contributed by atoms with E-state index in [4.69, 9.17) is 4.74 Å². The SMILES string of the molecule is CCCCCCCCCCCCCCOc1ccccc1C(=O)CBr. The van der Waals surface area contributed by atoms with E-state index in [1.54, 1.807) is 0 Å². The molecule has 1 aromatic carbocycles. The summed E-state index contributed by atoms with van der Waals surface area (Å²) in [4.78, 5) is 11.8. The molecule has 0 unspecified atom stereocenters. The van der Waals surface area contributed by atoms with Gasteiger partial charge in [-0.05, 0) is 18.6 Å². The number of hydrogen-bond donors (Lipinski definition) is 0. The Balaban J connectivity index is 1.98. The molecule has 0 aliphatic rings. The highest BCUT2D eigenvalue weighted by Crippen LogP contribution is 2.20. The van der Waals surface area contributed by atoms with Crippen molar-refractivity contribution >= 4 is 21.7 Å². The van der Waals surface area contributed by atoms with E-state index < -0.39 is 0 Å². The molecule has 1 rings (SSSR count). The van der Waals surface area contributed by atoms with Gasteiger partial charge in [-0.25, -0.2) is 0 Å². The van der Waals surface area contributed by atoms with Gasteiger partial charge in [-0.3, -0.25) is 4.79 Å². The molecule has 0 aliphatic carbocycles. The number of unbranched alkanes of at least 4 members (excludes halogenated alkanes) is 11. The summed E-state index contributed by atoms with van der Waals surface area (Å²) < 4.78 is 5.81. The maximum Gasteiger partial charge on any atom is 0.177 e. The Kier molecular flexibility index (Phi) is 13.7. The second-order valence-corrected chi connectivity index (χ2v) is 7.35. The highest BCUT2D eigenvalue weighted by Gasteiger charge is 2.10. The van der Waals surface area contributed by atoms with Crippen LogP contribution in [0.25, 0.3) is 0 Å². The number of halogens is 1. The maximum absolute atomic E-state index is 11.8. The minimum Gasteiger partial charge on any atom is -0.493 e. The van der Waals surface area contributed by atoms with E-state index in [0.717, 1.165) is 12.2 Å². The van der Waals surface area contributed by atoms with Gasteiger partial charge in [0.2, 0.25) is 0 Å². The summed E-state index contributed by atoms with van der Waals surface area (Å²) in [7, 11) is 0. The monoisotopic (exact) mass is 410 g/mol. The lowest BCUT2D eigenvalue weighted by Gasteiger charge is -2.10. The first-order valence-corrected chi connectivity index (χ1v) is 11.2. The van der Waals surface area contributed by atoms with Crippen LogP contribution in [0.5, 0.6) is 5.75 Å². The first-order chi connectivity index (χ1) is 12.3. The number of carbonyl (C=O) groups is 1. The molecular weight excluding hydrogens is 376 g/mol. The number of rotatable bonds is 16. The maximum atomic E-state index is 11.8. The smallest absolute Gasteiger partial charge is 0.177 e. The van der Waals surface area contributed by atoms with E-state index in [9.17, 15) is 4.79 Å². The molecule has 0 fully saturated rings. The van der Waals surface area contributed by atoms with Crippen LogP contribution in [0, 0.1) is 0 Å². The fourth-order valence-corrected chi connectivity index (χ4v) is 3.32. The zero-order valence-electron chi connectivity index (χ0n) is 15.9. The molecule has 142 valence electrons. The molecule has 25 heavy (non-hydrogen) atoms. The largest absolute Gasteiger partial charge is 0.493 e. The van der Waals surface area contributed by atoms with Crippen LogP contribution in [0.4, 0.5) is 0 Å². The fourth-order valence-electron chi connectivity index (χ4n) is 3.02. The lowest BCUT2D eigenvalue weighted by atomic mass is 10.1. The number of para-hydroxylation sites is 1. The van der Waals surface area contributed by atoms with Gasteiger partial charge in [-0.15, -0.1) is 0 Å². The van der Waals surface area contributed by atoms with Crippen molar-refractivity contribution in [1.29, 1.82) is 0 Å². The van der Waals surface area contributed by atoms with Crippen LogP contribution < -0.4 is 4.74 Å². The van der Waals surface area contributed by atoms with Gasteiger partial charge in [-0.2, -0.15) is 0 Å². The number of hydrogen-bond acceptors (Lipinski definition) is 2. The van der Waals surface area contributed by atoms with E-state index in [-0.39, 0.29) is 5.78 Å². The third-order valence-corrected chi connectivity index (χ3v) is 5.07. The van der Waals surface area contributed by atoms with Crippen LogP contribution >= 0.6 is 15.9 Å². The van der Waals surface area contributed by atoms with Crippen LogP contribution in [0.3, 0.4) is 0 Å². The Morgan fingerprint density at radius 3 is 1.92 bits per heavy atom. The quantitative estimate of drug-likeness (QED) is 0.162. The van der Waals surface area contributed by atoms with Gasteiger partial charge in [0.1, 0.15) is 5.75 Å². The van der Waals surface area contributed by atoms with E-state index >= 15 is 0 Å². The van der Waals surface area contributed by atoms with Crippen molar-refractivity contribution < 1.29 is 9.53 Å². The summed E-state index contributed by atoms with van der Waals surface area (Å²) in [6.45, 7) is 2.97. The van der Waals surface area contributed by atoms with Gasteiger partial charge in [0.25, 0.3) is 0 Å². The van der Waals surface area contributed by atoms with E-state index in [1.165, 1.54) is 70.6 Å². The van der Waals surface area contributed by atoms with Crippen LogP contribution in [0.15, 0.2) is 24.3 Å². The molecule has 3 heteroatoms. The van der Waals surface area contributed by atoms with Crippen LogP contribution in [0.2, 0.25) is 0 Å². The van der Waals surface area contributed by atoms with E-state index in [2.05, 4.69) is 22.9 Å². The van der Waals surface area contributed by atoms with Crippen molar-refractivity contribution in [2.45, 2.75) is 84.0 Å². The summed E-state index contributed by atoms with van der Waals surface area (Å²) in [6, 6.07) is 7.52. The van der Waals surface area contributed by atoms with Gasteiger partial charge < -0.3 is 4.74 Å². The molecule has 0 saturated heterocycles. The molecule has 2 nitrogen and oxygen atoms in total. The zero-order valence-corrected chi connectivity index (χ0v) is 17.5. The normalized spacial score (nSPS) is 10.8. The van der Waals surface area contributed by atoms with Gasteiger partial charge in [-0.1, -0.05) is 106 Å². The van der Waals surface area contributed by atoms with Crippen LogP contribution in [-0.4, -0.2) is 17.7 Å². The highest BCUT2D eigenvalue weighted by molar-refractivity contribution is 9.09. The van der Waals surface area contributed by atoms with Gasteiger partial charge in [0, 0.05) is 0 Å². The van der Waals surface area contributed by atoms with Crippen molar-refractivity contribution in [3.05, 3.63) is 29.8 Å². The van der Waals surface area contributed by atoms with Crippen molar-refractivity contribution in [2.24, 2.45) is 0 Å². The molecule has 0 radical (unpaired) electrons. The topological polar surface area (TPSA) is 26.3 Å². The molecular formula is C22H35BrO2. The summed E-state index contributed by atoms with van der Waals surface area (Å²) in [5.41, 5.74) is 0.679. The Morgan fingerprint density at radius 2 is 1.36 bits per heavy atom. The lowest BCUT2D eigenvalue weighted by Crippen LogP contribution is -2.05. The number of alkyl halides is 1. The molecule has 0 spiro atoms. The molecule has 0 amide bonds. The minimum atomic E-state index is 0.0743. The van der Waals surface area contributed by atoms with Crippen LogP contribution in [0.1, 0.15) is 94.3 Å². The predicted molar refractivity (Wildman–Crippen MR) is 111 cm³/mol. The van der Waals surface area contributed by atoms with E-state index in [0.29, 0.717) is 17.5 Å². The van der Waals surface area contributed by atoms with Gasteiger partial charge >= 0.3 is 0 Å². The number of ether oxygens (including phenoxy) is 1. The zero-order chi connectivity index (χ0) is 18.2. The summed E-state index contributed by atoms with van der Waals surface area (Å²) in [5.74, 6) is 0.792. The Labute approximate surface area is 162 Å². The minimum absolute atomic E-state index is 0.0743. The van der Waals surface area contributed by atoms with E-state index in [1.807, 2.05) is 24.3 Å². The van der Waals surface area contributed by atoms with Gasteiger partial charge in [0.15, 0.2) is 5.78 Å². The molecule has 0 atom stereocenters. The lowest BCUT2D eigenvalue weighted by molar-refractivity contribution is 0.101. The molecule has 0 heterocycles. The number of benzene rings is 1. The molecule has 0 aromatic heterocycles. The Bertz CT molecular complexity index is 459.